The molecular formula is C68H44N2O4. The number of carbonyl (C=O) groups excluding carboxylic acids is 4. The van der Waals surface area contributed by atoms with Gasteiger partial charge >= 0.3 is 0 Å². The van der Waals surface area contributed by atoms with E-state index in [1.165, 1.54) is 0 Å². The van der Waals surface area contributed by atoms with Gasteiger partial charge < -0.3 is 9.80 Å². The third-order valence-electron chi connectivity index (χ3n) is 13.7. The van der Waals surface area contributed by atoms with Gasteiger partial charge in [-0.15, -0.1) is 0 Å². The number of para-hydroxylation sites is 2. The Bertz CT molecular complexity index is 3590. The van der Waals surface area contributed by atoms with Gasteiger partial charge in [0, 0.05) is 56.4 Å². The average Bonchev–Trinajstić information content (AvgIpc) is 3.84. The second kappa shape index (κ2) is 19.3. The molecule has 0 aliphatic heterocycles. The zero-order valence-electron chi connectivity index (χ0n) is 39.9. The van der Waals surface area contributed by atoms with Gasteiger partial charge in [0.05, 0.1) is 11.1 Å². The molecule has 6 heteroatoms. The fourth-order valence-corrected chi connectivity index (χ4v) is 9.96. The van der Waals surface area contributed by atoms with Crippen LogP contribution in [0.1, 0.15) is 52.6 Å². The number of anilines is 6. The smallest absolute Gasteiger partial charge is 0.197 e. The van der Waals surface area contributed by atoms with Crippen molar-refractivity contribution in [1.82, 2.24) is 0 Å². The normalized spacial score (nSPS) is 13.8. The van der Waals surface area contributed by atoms with Crippen LogP contribution in [0.15, 0.2) is 266 Å². The summed E-state index contributed by atoms with van der Waals surface area (Å²) in [5.41, 5.74) is 15.2. The van der Waals surface area contributed by atoms with Gasteiger partial charge in [0.2, 0.25) is 0 Å². The molecule has 0 heterocycles. The summed E-state index contributed by atoms with van der Waals surface area (Å²) in [5, 5.41) is 0. The fourth-order valence-electron chi connectivity index (χ4n) is 9.96. The first-order valence-corrected chi connectivity index (χ1v) is 24.5. The fraction of sp³-hybridized carbons (Fsp3) is 0. The van der Waals surface area contributed by atoms with E-state index in [1.54, 1.807) is 24.3 Å². The summed E-state index contributed by atoms with van der Waals surface area (Å²) in [7, 11) is 0. The van der Waals surface area contributed by atoms with Crippen LogP contribution in [0.4, 0.5) is 34.1 Å². The van der Waals surface area contributed by atoms with E-state index in [0.29, 0.717) is 22.3 Å². The van der Waals surface area contributed by atoms with Crippen LogP contribution in [-0.4, -0.2) is 23.1 Å². The van der Waals surface area contributed by atoms with Crippen molar-refractivity contribution in [3.8, 4) is 33.4 Å². The molecule has 0 fully saturated rings. The molecule has 0 bridgehead atoms. The van der Waals surface area contributed by atoms with Crippen LogP contribution >= 0.6 is 0 Å². The summed E-state index contributed by atoms with van der Waals surface area (Å²) < 4.78 is 0. The van der Waals surface area contributed by atoms with Crippen LogP contribution in [0.5, 0.6) is 0 Å². The third kappa shape index (κ3) is 8.56. The van der Waals surface area contributed by atoms with Gasteiger partial charge in [0.15, 0.2) is 23.1 Å². The largest absolute Gasteiger partial charge is 0.311 e. The van der Waals surface area contributed by atoms with E-state index in [1.807, 2.05) is 170 Å². The predicted octanol–water partition coefficient (Wildman–Crippen LogP) is 16.6. The van der Waals surface area contributed by atoms with Gasteiger partial charge in [0.25, 0.3) is 0 Å². The van der Waals surface area contributed by atoms with E-state index in [-0.39, 0.29) is 34.3 Å². The van der Waals surface area contributed by atoms with Crippen LogP contribution < -0.4 is 9.80 Å². The van der Waals surface area contributed by atoms with Crippen molar-refractivity contribution in [1.29, 1.82) is 0 Å². The Morgan fingerprint density at radius 2 is 0.486 bits per heavy atom. The number of allylic oxidation sites excluding steroid dienone is 2. The van der Waals surface area contributed by atoms with E-state index < -0.39 is 0 Å². The van der Waals surface area contributed by atoms with Gasteiger partial charge in [-0.05, 0) is 154 Å². The maximum Gasteiger partial charge on any atom is 0.197 e. The topological polar surface area (TPSA) is 74.8 Å². The molecular weight excluding hydrogens is 909 g/mol. The maximum atomic E-state index is 13.6. The Morgan fingerprint density at radius 1 is 0.230 bits per heavy atom. The summed E-state index contributed by atoms with van der Waals surface area (Å²) >= 11 is 0. The highest BCUT2D eigenvalue weighted by Gasteiger charge is 2.34. The molecule has 0 saturated carbocycles. The van der Waals surface area contributed by atoms with Gasteiger partial charge in [-0.1, -0.05) is 158 Å². The van der Waals surface area contributed by atoms with Crippen molar-refractivity contribution in [2.24, 2.45) is 0 Å². The molecule has 12 rings (SSSR count). The number of benzene rings is 10. The zero-order valence-corrected chi connectivity index (χ0v) is 39.9. The lowest BCUT2D eigenvalue weighted by atomic mass is 10.0. The molecule has 350 valence electrons. The molecule has 0 amide bonds. The summed E-state index contributed by atoms with van der Waals surface area (Å²) in [4.78, 5) is 58.7. The monoisotopic (exact) mass is 952 g/mol. The molecule has 0 unspecified atom stereocenters. The number of fused-ring (bicyclic) bond motifs is 2. The molecule has 6 nitrogen and oxygen atoms in total. The first-order chi connectivity index (χ1) is 36.3. The maximum absolute atomic E-state index is 13.6. The minimum atomic E-state index is -0.259. The lowest BCUT2D eigenvalue weighted by Gasteiger charge is -2.26. The SMILES string of the molecule is O=C1/C(=C/c2ccc(N(c3ccccc3)c3ccc(-c4ccc(N(c5ccccc5)c5ccc(/C=C6\C(=O)c7ccc(-c8ccccc8)cc7C6=O)cc5)cc4)cc3)cc2)C(=O)c2cc(-c3ccccc3)ccc21. The van der Waals surface area contributed by atoms with Gasteiger partial charge in [-0.25, -0.2) is 0 Å². The quantitative estimate of drug-likeness (QED) is 0.0950. The molecule has 0 spiro atoms. The number of Topliss-reactive ketones (excluding diaryl/α,β-unsaturated/α-hetero) is 4. The molecule has 0 radical (unpaired) electrons. The first kappa shape index (κ1) is 45.1. The van der Waals surface area contributed by atoms with Gasteiger partial charge in [0.1, 0.15) is 0 Å². The summed E-state index contributed by atoms with van der Waals surface area (Å²) in [6.07, 6.45) is 3.39. The molecule has 2 aliphatic rings. The molecule has 0 N–H and O–H groups in total. The molecule has 10 aromatic carbocycles. The highest BCUT2D eigenvalue weighted by molar-refractivity contribution is 6.42. The molecule has 0 saturated heterocycles. The van der Waals surface area contributed by atoms with Crippen molar-refractivity contribution in [2.45, 2.75) is 0 Å². The standard InChI is InChI=1S/C68H44N2O4/c71-65-59-39-29-51(47-13-5-1-6-14-47)43-61(59)67(73)63(65)41-45-21-31-55(32-22-45)69(53-17-9-3-10-18-53)57-35-25-49(26-36-57)50-27-37-58(38-28-50)70(54-19-11-4-12-20-54)56-33-23-46(24-34-56)42-64-66(72)60-40-30-52(44-62(60)68(64)74)48-15-7-2-8-16-48/h1-44H/b63-41-,64-42+. The van der Waals surface area contributed by atoms with E-state index in [0.717, 1.165) is 78.6 Å². The minimum absolute atomic E-state index is 0.167. The van der Waals surface area contributed by atoms with E-state index in [4.69, 9.17) is 0 Å². The third-order valence-corrected chi connectivity index (χ3v) is 13.7. The highest BCUT2D eigenvalue weighted by Crippen LogP contribution is 2.40. The first-order valence-electron chi connectivity index (χ1n) is 24.5. The number of carbonyl (C=O) groups is 4. The lowest BCUT2D eigenvalue weighted by Crippen LogP contribution is -2.10. The van der Waals surface area contributed by atoms with Crippen molar-refractivity contribution in [3.05, 3.63) is 299 Å². The van der Waals surface area contributed by atoms with Crippen LogP contribution in [-0.2, 0) is 0 Å². The van der Waals surface area contributed by atoms with E-state index >= 15 is 0 Å². The van der Waals surface area contributed by atoms with Crippen LogP contribution in [0.25, 0.3) is 45.5 Å². The van der Waals surface area contributed by atoms with Gasteiger partial charge in [-0.3, -0.25) is 19.2 Å². The Kier molecular flexibility index (Phi) is 11.8. The predicted molar refractivity (Wildman–Crippen MR) is 298 cm³/mol. The number of hydrogen-bond donors (Lipinski definition) is 0. The molecule has 0 aromatic heterocycles. The Morgan fingerprint density at radius 3 is 0.824 bits per heavy atom. The van der Waals surface area contributed by atoms with Crippen molar-refractivity contribution >= 4 is 69.4 Å². The number of ketones is 4. The Hall–Kier alpha value is -10.0. The zero-order chi connectivity index (χ0) is 50.1. The molecule has 0 atom stereocenters. The van der Waals surface area contributed by atoms with Crippen molar-refractivity contribution in [2.75, 3.05) is 9.80 Å². The second-order valence-corrected chi connectivity index (χ2v) is 18.3. The van der Waals surface area contributed by atoms with Crippen molar-refractivity contribution in [3.63, 3.8) is 0 Å². The van der Waals surface area contributed by atoms with E-state index in [2.05, 4.69) is 82.6 Å². The highest BCUT2D eigenvalue weighted by atomic mass is 16.2. The lowest BCUT2D eigenvalue weighted by molar-refractivity contribution is 0.0975. The number of rotatable bonds is 11. The molecule has 10 aromatic rings. The van der Waals surface area contributed by atoms with Gasteiger partial charge in [-0.2, -0.15) is 0 Å². The number of nitrogens with zero attached hydrogens (tertiary/aromatic N) is 2. The Labute approximate surface area is 429 Å². The summed E-state index contributed by atoms with van der Waals surface area (Å²) in [6.45, 7) is 0. The summed E-state index contributed by atoms with van der Waals surface area (Å²) in [5.74, 6) is -1.03. The van der Waals surface area contributed by atoms with Crippen LogP contribution in [0.2, 0.25) is 0 Å². The average molecular weight is 953 g/mol. The molecule has 2 aliphatic carbocycles. The second-order valence-electron chi connectivity index (χ2n) is 18.3. The van der Waals surface area contributed by atoms with Crippen molar-refractivity contribution < 1.29 is 19.2 Å². The Balaban J connectivity index is 0.777. The minimum Gasteiger partial charge on any atom is -0.311 e. The molecule has 74 heavy (non-hydrogen) atoms. The van der Waals surface area contributed by atoms with E-state index in [9.17, 15) is 19.2 Å². The van der Waals surface area contributed by atoms with Crippen LogP contribution in [0, 0.1) is 0 Å². The summed E-state index contributed by atoms with van der Waals surface area (Å²) in [6, 6.07) is 83.8. The number of hydrogen-bond acceptors (Lipinski definition) is 6. The van der Waals surface area contributed by atoms with Crippen LogP contribution in [0.3, 0.4) is 0 Å².